The molecule has 0 aromatic heterocycles. The van der Waals surface area contributed by atoms with Gasteiger partial charge in [0.05, 0.1) is 17.9 Å². The summed E-state index contributed by atoms with van der Waals surface area (Å²) in [7, 11) is 0. The van der Waals surface area contributed by atoms with E-state index < -0.39 is 5.97 Å². The van der Waals surface area contributed by atoms with Gasteiger partial charge in [-0.15, -0.1) is 0 Å². The molecule has 1 aromatic rings. The molecule has 1 aliphatic heterocycles. The van der Waals surface area contributed by atoms with Gasteiger partial charge in [-0.1, -0.05) is 12.1 Å². The highest BCUT2D eigenvalue weighted by atomic mass is 16.5. The minimum Gasteiger partial charge on any atom is -0.462 e. The number of carbonyl (C=O) groups is 3. The Balaban J connectivity index is 1.84. The number of rotatable bonds is 7. The Kier molecular flexibility index (Phi) is 6.74. The second kappa shape index (κ2) is 9.02. The van der Waals surface area contributed by atoms with Crippen LogP contribution in [0.5, 0.6) is 0 Å². The van der Waals surface area contributed by atoms with E-state index >= 15 is 0 Å². The van der Waals surface area contributed by atoms with E-state index in [1.807, 2.05) is 0 Å². The first-order valence-electron chi connectivity index (χ1n) is 8.11. The summed E-state index contributed by atoms with van der Waals surface area (Å²) in [4.78, 5) is 38.6. The molecule has 0 aliphatic carbocycles. The van der Waals surface area contributed by atoms with Crippen molar-refractivity contribution < 1.29 is 19.1 Å². The van der Waals surface area contributed by atoms with Crippen LogP contribution in [0.1, 0.15) is 23.7 Å². The Bertz CT molecular complexity index is 583. The number of anilines is 1. The van der Waals surface area contributed by atoms with Gasteiger partial charge in [0.25, 0.3) is 0 Å². The van der Waals surface area contributed by atoms with Crippen LogP contribution in [0.4, 0.5) is 5.69 Å². The third kappa shape index (κ3) is 5.06. The van der Waals surface area contributed by atoms with Crippen LogP contribution in [0.15, 0.2) is 24.3 Å². The van der Waals surface area contributed by atoms with Crippen LogP contribution in [-0.4, -0.2) is 67.4 Å². The molecule has 1 aromatic carbocycles. The highest BCUT2D eigenvalue weighted by molar-refractivity contribution is 6.01. The zero-order valence-electron chi connectivity index (χ0n) is 13.9. The van der Waals surface area contributed by atoms with Gasteiger partial charge in [0.1, 0.15) is 0 Å². The van der Waals surface area contributed by atoms with Crippen LogP contribution in [0.3, 0.4) is 0 Å². The molecule has 0 saturated carbocycles. The van der Waals surface area contributed by atoms with Crippen LogP contribution >= 0.6 is 0 Å². The van der Waals surface area contributed by atoms with Crippen LogP contribution < -0.4 is 5.32 Å². The quantitative estimate of drug-likeness (QED) is 0.594. The number of nitrogens with zero attached hydrogens (tertiary/aromatic N) is 2. The van der Waals surface area contributed by atoms with Crippen molar-refractivity contribution in [3.63, 3.8) is 0 Å². The lowest BCUT2D eigenvalue weighted by molar-refractivity contribution is -0.120. The number of amides is 2. The van der Waals surface area contributed by atoms with Crippen molar-refractivity contribution in [2.45, 2.75) is 13.3 Å². The molecular formula is C17H23N3O4. The van der Waals surface area contributed by atoms with Crippen LogP contribution in [-0.2, 0) is 14.3 Å². The summed E-state index contributed by atoms with van der Waals surface area (Å²) in [5, 5.41) is 2.78. The number of ether oxygens (including phenoxy) is 1. The Morgan fingerprint density at radius 2 is 1.92 bits per heavy atom. The van der Waals surface area contributed by atoms with Crippen molar-refractivity contribution in [3.05, 3.63) is 29.8 Å². The molecule has 0 spiro atoms. The fourth-order valence-corrected chi connectivity index (χ4v) is 2.54. The van der Waals surface area contributed by atoms with E-state index in [4.69, 9.17) is 4.74 Å². The van der Waals surface area contributed by atoms with Gasteiger partial charge in [-0.05, 0) is 19.1 Å². The zero-order valence-corrected chi connectivity index (χ0v) is 13.9. The van der Waals surface area contributed by atoms with Gasteiger partial charge in [-0.3, -0.25) is 14.5 Å². The van der Waals surface area contributed by atoms with E-state index in [-0.39, 0.29) is 12.5 Å². The van der Waals surface area contributed by atoms with E-state index in [9.17, 15) is 14.4 Å². The van der Waals surface area contributed by atoms with Crippen molar-refractivity contribution >= 4 is 24.0 Å². The molecule has 0 radical (unpaired) electrons. The first kappa shape index (κ1) is 17.9. The number of benzene rings is 1. The number of nitrogens with one attached hydrogen (secondary N) is 1. The first-order chi connectivity index (χ1) is 11.6. The Morgan fingerprint density at radius 1 is 1.21 bits per heavy atom. The lowest BCUT2D eigenvalue weighted by atomic mass is 10.1. The molecule has 1 fully saturated rings. The van der Waals surface area contributed by atoms with E-state index in [1.54, 1.807) is 36.1 Å². The molecule has 130 valence electrons. The maximum atomic E-state index is 12.2. The summed E-state index contributed by atoms with van der Waals surface area (Å²) in [5.74, 6) is -0.594. The van der Waals surface area contributed by atoms with Crippen LogP contribution in [0, 0.1) is 0 Å². The van der Waals surface area contributed by atoms with Crippen molar-refractivity contribution in [2.24, 2.45) is 0 Å². The van der Waals surface area contributed by atoms with Gasteiger partial charge in [0, 0.05) is 39.1 Å². The van der Waals surface area contributed by atoms with Gasteiger partial charge in [-0.2, -0.15) is 0 Å². The lowest BCUT2D eigenvalue weighted by Gasteiger charge is -2.32. The third-order valence-electron chi connectivity index (χ3n) is 3.91. The number of carbonyl (C=O) groups excluding carboxylic acids is 3. The molecular weight excluding hydrogens is 310 g/mol. The van der Waals surface area contributed by atoms with Crippen molar-refractivity contribution in [2.75, 3.05) is 44.6 Å². The van der Waals surface area contributed by atoms with Crippen molar-refractivity contribution in [1.29, 1.82) is 0 Å². The molecule has 2 rings (SSSR count). The number of hydrogen-bond acceptors (Lipinski definition) is 5. The van der Waals surface area contributed by atoms with Crippen LogP contribution in [0.2, 0.25) is 0 Å². The smallest absolute Gasteiger partial charge is 0.340 e. The third-order valence-corrected chi connectivity index (χ3v) is 3.91. The highest BCUT2D eigenvalue weighted by Crippen LogP contribution is 2.16. The van der Waals surface area contributed by atoms with Crippen molar-refractivity contribution in [1.82, 2.24) is 9.80 Å². The topological polar surface area (TPSA) is 79.0 Å². The average molecular weight is 333 g/mol. The lowest BCUT2D eigenvalue weighted by Crippen LogP contribution is -2.46. The van der Waals surface area contributed by atoms with E-state index in [0.717, 1.165) is 19.5 Å². The molecule has 1 aliphatic rings. The van der Waals surface area contributed by atoms with Gasteiger partial charge < -0.3 is 15.0 Å². The summed E-state index contributed by atoms with van der Waals surface area (Å²) < 4.78 is 4.99. The molecule has 7 heteroatoms. The highest BCUT2D eigenvalue weighted by Gasteiger charge is 2.17. The van der Waals surface area contributed by atoms with Gasteiger partial charge in [0.2, 0.25) is 12.3 Å². The standard InChI is InChI=1S/C17H23N3O4/c1-2-24-17(23)14-5-3-4-6-15(14)18-16(22)7-8-19-9-11-20(13-21)12-10-19/h3-6,13H,2,7-12H2,1H3,(H,18,22). The predicted octanol–water partition coefficient (Wildman–Crippen LogP) is 0.966. The van der Waals surface area contributed by atoms with Gasteiger partial charge in [0.15, 0.2) is 0 Å². The Labute approximate surface area is 141 Å². The SMILES string of the molecule is CCOC(=O)c1ccccc1NC(=O)CCN1CCN(C=O)CC1. The Hall–Kier alpha value is -2.41. The maximum Gasteiger partial charge on any atom is 0.340 e. The van der Waals surface area contributed by atoms with E-state index in [2.05, 4.69) is 10.2 Å². The molecule has 1 N–H and O–H groups in total. The minimum absolute atomic E-state index is 0.149. The van der Waals surface area contributed by atoms with E-state index in [1.165, 1.54) is 0 Å². The summed E-state index contributed by atoms with van der Waals surface area (Å²) >= 11 is 0. The predicted molar refractivity (Wildman–Crippen MR) is 89.7 cm³/mol. The number of esters is 1. The molecule has 1 heterocycles. The van der Waals surface area contributed by atoms with E-state index in [0.29, 0.717) is 37.3 Å². The van der Waals surface area contributed by atoms with Gasteiger partial charge in [-0.25, -0.2) is 4.79 Å². The molecule has 0 bridgehead atoms. The molecule has 0 unspecified atom stereocenters. The monoisotopic (exact) mass is 333 g/mol. The fourth-order valence-electron chi connectivity index (χ4n) is 2.54. The van der Waals surface area contributed by atoms with Gasteiger partial charge >= 0.3 is 5.97 Å². The summed E-state index contributed by atoms with van der Waals surface area (Å²) in [6, 6.07) is 6.81. The molecule has 0 atom stereocenters. The first-order valence-corrected chi connectivity index (χ1v) is 8.11. The average Bonchev–Trinajstić information content (AvgIpc) is 2.61. The normalized spacial score (nSPS) is 15.0. The zero-order chi connectivity index (χ0) is 17.4. The number of hydrogen-bond donors (Lipinski definition) is 1. The number of piperazine rings is 1. The Morgan fingerprint density at radius 3 is 2.58 bits per heavy atom. The van der Waals surface area contributed by atoms with Crippen molar-refractivity contribution in [3.8, 4) is 0 Å². The molecule has 24 heavy (non-hydrogen) atoms. The molecule has 7 nitrogen and oxygen atoms in total. The second-order valence-corrected chi connectivity index (χ2v) is 5.55. The summed E-state index contributed by atoms with van der Waals surface area (Å²) in [5.41, 5.74) is 0.819. The van der Waals surface area contributed by atoms with Crippen LogP contribution in [0.25, 0.3) is 0 Å². The molecule has 2 amide bonds. The minimum atomic E-state index is -0.446. The summed E-state index contributed by atoms with van der Waals surface area (Å²) in [6.07, 6.45) is 1.19. The second-order valence-electron chi connectivity index (χ2n) is 5.55. The maximum absolute atomic E-state index is 12.2. The fraction of sp³-hybridized carbons (Fsp3) is 0.471. The largest absolute Gasteiger partial charge is 0.462 e. The summed E-state index contributed by atoms with van der Waals surface area (Å²) in [6.45, 7) is 5.57. The molecule has 1 saturated heterocycles. The number of para-hydroxylation sites is 1.